The standard InChI is InChI=1S/C15H19ClF2N2O/c1-9(15(21)20-11-5-3-2-4-6-11)19-14-12(16)7-10(17)8-13(14)18/h7-9,11,19H,2-6H2,1H3,(H,20,21). The Labute approximate surface area is 128 Å². The van der Waals surface area contributed by atoms with Crippen molar-refractivity contribution in [3.63, 3.8) is 0 Å². The fourth-order valence-corrected chi connectivity index (χ4v) is 2.78. The van der Waals surface area contributed by atoms with Crippen molar-refractivity contribution in [1.82, 2.24) is 5.32 Å². The lowest BCUT2D eigenvalue weighted by atomic mass is 9.95. The van der Waals surface area contributed by atoms with Gasteiger partial charge in [0.15, 0.2) is 5.82 Å². The number of carbonyl (C=O) groups excluding carboxylic acids is 1. The van der Waals surface area contributed by atoms with Crippen molar-refractivity contribution >= 4 is 23.2 Å². The maximum atomic E-state index is 13.7. The number of anilines is 1. The Balaban J connectivity index is 1.97. The van der Waals surface area contributed by atoms with Gasteiger partial charge in [0, 0.05) is 12.1 Å². The normalized spacial score (nSPS) is 17.3. The summed E-state index contributed by atoms with van der Waals surface area (Å²) in [6, 6.07) is 1.28. The van der Waals surface area contributed by atoms with E-state index in [9.17, 15) is 13.6 Å². The van der Waals surface area contributed by atoms with Crippen LogP contribution in [0.3, 0.4) is 0 Å². The number of carbonyl (C=O) groups is 1. The van der Waals surface area contributed by atoms with E-state index in [1.807, 2.05) is 0 Å². The van der Waals surface area contributed by atoms with Gasteiger partial charge in [-0.15, -0.1) is 0 Å². The second-order valence-electron chi connectivity index (χ2n) is 5.45. The van der Waals surface area contributed by atoms with Crippen LogP contribution in [-0.2, 0) is 4.79 Å². The molecule has 0 heterocycles. The molecule has 116 valence electrons. The highest BCUT2D eigenvalue weighted by atomic mass is 35.5. The Bertz CT molecular complexity index is 495. The first-order valence-corrected chi connectivity index (χ1v) is 7.56. The molecule has 0 saturated heterocycles. The van der Waals surface area contributed by atoms with Gasteiger partial charge in [-0.25, -0.2) is 8.78 Å². The molecular formula is C15H19ClF2N2O. The van der Waals surface area contributed by atoms with Crippen molar-refractivity contribution in [2.24, 2.45) is 0 Å². The zero-order chi connectivity index (χ0) is 15.4. The first kappa shape index (κ1) is 16.0. The van der Waals surface area contributed by atoms with Gasteiger partial charge in [-0.1, -0.05) is 30.9 Å². The van der Waals surface area contributed by atoms with Crippen molar-refractivity contribution < 1.29 is 13.6 Å². The fourth-order valence-electron chi connectivity index (χ4n) is 2.54. The van der Waals surface area contributed by atoms with Gasteiger partial charge in [0.25, 0.3) is 0 Å². The third-order valence-corrected chi connectivity index (χ3v) is 4.01. The van der Waals surface area contributed by atoms with Crippen LogP contribution in [-0.4, -0.2) is 18.0 Å². The van der Waals surface area contributed by atoms with E-state index >= 15 is 0 Å². The van der Waals surface area contributed by atoms with E-state index < -0.39 is 17.7 Å². The molecule has 1 amide bonds. The van der Waals surface area contributed by atoms with Crippen LogP contribution in [0.2, 0.25) is 5.02 Å². The topological polar surface area (TPSA) is 41.1 Å². The van der Waals surface area contributed by atoms with Gasteiger partial charge in [0.2, 0.25) is 5.91 Å². The average molecular weight is 317 g/mol. The van der Waals surface area contributed by atoms with Crippen molar-refractivity contribution in [2.75, 3.05) is 5.32 Å². The van der Waals surface area contributed by atoms with E-state index in [0.29, 0.717) is 0 Å². The molecule has 2 N–H and O–H groups in total. The van der Waals surface area contributed by atoms with Crippen LogP contribution in [0.4, 0.5) is 14.5 Å². The van der Waals surface area contributed by atoms with E-state index in [2.05, 4.69) is 10.6 Å². The predicted octanol–water partition coefficient (Wildman–Crippen LogP) is 3.87. The van der Waals surface area contributed by atoms with Crippen LogP contribution < -0.4 is 10.6 Å². The van der Waals surface area contributed by atoms with Crippen LogP contribution in [0, 0.1) is 11.6 Å². The minimum Gasteiger partial charge on any atom is -0.370 e. The lowest BCUT2D eigenvalue weighted by molar-refractivity contribution is -0.122. The van der Waals surface area contributed by atoms with Gasteiger partial charge < -0.3 is 10.6 Å². The Hall–Kier alpha value is -1.36. The maximum absolute atomic E-state index is 13.7. The molecule has 3 nitrogen and oxygen atoms in total. The summed E-state index contributed by atoms with van der Waals surface area (Å²) in [6.07, 6.45) is 5.39. The van der Waals surface area contributed by atoms with E-state index in [-0.39, 0.29) is 22.7 Å². The number of nitrogens with one attached hydrogen (secondary N) is 2. The highest BCUT2D eigenvalue weighted by Gasteiger charge is 2.21. The Morgan fingerprint density at radius 2 is 1.95 bits per heavy atom. The summed E-state index contributed by atoms with van der Waals surface area (Å²) in [5.41, 5.74) is -0.0515. The van der Waals surface area contributed by atoms with Gasteiger partial charge in [-0.2, -0.15) is 0 Å². The summed E-state index contributed by atoms with van der Waals surface area (Å²) in [5.74, 6) is -1.76. The molecule has 6 heteroatoms. The summed E-state index contributed by atoms with van der Waals surface area (Å²) < 4.78 is 26.7. The molecular weight excluding hydrogens is 298 g/mol. The molecule has 1 aromatic rings. The molecule has 0 aliphatic heterocycles. The number of hydrogen-bond acceptors (Lipinski definition) is 2. The number of rotatable bonds is 4. The zero-order valence-corrected chi connectivity index (χ0v) is 12.6. The van der Waals surface area contributed by atoms with Crippen LogP contribution >= 0.6 is 11.6 Å². The number of amides is 1. The second-order valence-corrected chi connectivity index (χ2v) is 5.86. The van der Waals surface area contributed by atoms with Crippen LogP contribution in [0.15, 0.2) is 12.1 Å². The summed E-state index contributed by atoms with van der Waals surface area (Å²) in [5, 5.41) is 5.58. The molecule has 1 unspecified atom stereocenters. The third kappa shape index (κ3) is 4.30. The smallest absolute Gasteiger partial charge is 0.242 e. The Kier molecular flexibility index (Phi) is 5.39. The first-order chi connectivity index (χ1) is 9.97. The Morgan fingerprint density at radius 1 is 1.29 bits per heavy atom. The molecule has 0 spiro atoms. The quantitative estimate of drug-likeness (QED) is 0.885. The van der Waals surface area contributed by atoms with Crippen LogP contribution in [0.1, 0.15) is 39.0 Å². The Morgan fingerprint density at radius 3 is 2.57 bits per heavy atom. The zero-order valence-electron chi connectivity index (χ0n) is 11.9. The van der Waals surface area contributed by atoms with E-state index in [4.69, 9.17) is 11.6 Å². The highest BCUT2D eigenvalue weighted by Crippen LogP contribution is 2.27. The average Bonchev–Trinajstić information content (AvgIpc) is 2.43. The lowest BCUT2D eigenvalue weighted by Gasteiger charge is -2.25. The van der Waals surface area contributed by atoms with E-state index in [1.165, 1.54) is 6.42 Å². The fraction of sp³-hybridized carbons (Fsp3) is 0.533. The molecule has 2 rings (SSSR count). The van der Waals surface area contributed by atoms with Crippen LogP contribution in [0.5, 0.6) is 0 Å². The van der Waals surface area contributed by atoms with Gasteiger partial charge in [-0.05, 0) is 25.8 Å². The van der Waals surface area contributed by atoms with Gasteiger partial charge >= 0.3 is 0 Å². The highest BCUT2D eigenvalue weighted by molar-refractivity contribution is 6.33. The lowest BCUT2D eigenvalue weighted by Crippen LogP contribution is -2.44. The van der Waals surface area contributed by atoms with Crippen molar-refractivity contribution in [3.8, 4) is 0 Å². The van der Waals surface area contributed by atoms with Crippen molar-refractivity contribution in [2.45, 2.75) is 51.1 Å². The SMILES string of the molecule is CC(Nc1c(F)cc(F)cc1Cl)C(=O)NC1CCCCC1. The number of halogens is 3. The van der Waals surface area contributed by atoms with Crippen LogP contribution in [0.25, 0.3) is 0 Å². The predicted molar refractivity (Wildman–Crippen MR) is 79.5 cm³/mol. The van der Waals surface area contributed by atoms with Crippen molar-refractivity contribution in [1.29, 1.82) is 0 Å². The summed E-state index contributed by atoms with van der Waals surface area (Å²) in [7, 11) is 0. The van der Waals surface area contributed by atoms with Gasteiger partial charge in [0.05, 0.1) is 10.7 Å². The van der Waals surface area contributed by atoms with Gasteiger partial charge in [-0.3, -0.25) is 4.79 Å². The minimum absolute atomic E-state index is 0.0515. The summed E-state index contributed by atoms with van der Waals surface area (Å²) >= 11 is 5.80. The molecule has 1 aliphatic rings. The third-order valence-electron chi connectivity index (χ3n) is 3.71. The number of hydrogen-bond donors (Lipinski definition) is 2. The molecule has 0 radical (unpaired) electrons. The maximum Gasteiger partial charge on any atom is 0.242 e. The molecule has 1 aromatic carbocycles. The number of benzene rings is 1. The molecule has 0 bridgehead atoms. The molecule has 1 fully saturated rings. The second kappa shape index (κ2) is 7.07. The summed E-state index contributed by atoms with van der Waals surface area (Å²) in [4.78, 5) is 12.1. The van der Waals surface area contributed by atoms with Gasteiger partial charge in [0.1, 0.15) is 11.9 Å². The molecule has 1 aliphatic carbocycles. The molecule has 21 heavy (non-hydrogen) atoms. The molecule has 1 atom stereocenters. The van der Waals surface area contributed by atoms with Crippen molar-refractivity contribution in [3.05, 3.63) is 28.8 Å². The minimum atomic E-state index is -0.808. The monoisotopic (exact) mass is 316 g/mol. The molecule has 1 saturated carbocycles. The van der Waals surface area contributed by atoms with E-state index in [1.54, 1.807) is 6.92 Å². The summed E-state index contributed by atoms with van der Waals surface area (Å²) in [6.45, 7) is 1.62. The largest absolute Gasteiger partial charge is 0.370 e. The van der Waals surface area contributed by atoms with E-state index in [0.717, 1.165) is 37.8 Å². The molecule has 0 aromatic heterocycles. The first-order valence-electron chi connectivity index (χ1n) is 7.19.